The van der Waals surface area contributed by atoms with Gasteiger partial charge in [-0.2, -0.15) is 0 Å². The second-order valence-corrected chi connectivity index (χ2v) is 4.90. The second kappa shape index (κ2) is 5.11. The van der Waals surface area contributed by atoms with Crippen molar-refractivity contribution < 1.29 is 4.79 Å². The van der Waals surface area contributed by atoms with Gasteiger partial charge in [-0.3, -0.25) is 4.79 Å². The summed E-state index contributed by atoms with van der Waals surface area (Å²) in [5.74, 6) is -0.0756. The van der Waals surface area contributed by atoms with Crippen LogP contribution in [0.2, 0.25) is 0 Å². The molecule has 3 heterocycles. The first-order chi connectivity index (χ1) is 9.34. The minimum absolute atomic E-state index is 0.0756. The summed E-state index contributed by atoms with van der Waals surface area (Å²) in [4.78, 5) is 19.7. The molecular formula is C13H12N4OS. The van der Waals surface area contributed by atoms with E-state index in [0.29, 0.717) is 11.4 Å². The van der Waals surface area contributed by atoms with E-state index >= 15 is 0 Å². The Hall–Kier alpha value is -2.34. The van der Waals surface area contributed by atoms with Crippen molar-refractivity contribution in [3.05, 3.63) is 59.1 Å². The SMILES string of the molecule is O=C(NCc1cnc[nH]1)c1sccc1-n1cccc1. The molecule has 0 aromatic carbocycles. The molecular weight excluding hydrogens is 260 g/mol. The maximum absolute atomic E-state index is 12.2. The van der Waals surface area contributed by atoms with Crippen molar-refractivity contribution in [3.63, 3.8) is 0 Å². The van der Waals surface area contributed by atoms with Gasteiger partial charge in [0.1, 0.15) is 4.88 Å². The summed E-state index contributed by atoms with van der Waals surface area (Å²) in [5.41, 5.74) is 1.78. The third kappa shape index (κ3) is 2.43. The van der Waals surface area contributed by atoms with Crippen molar-refractivity contribution in [1.29, 1.82) is 0 Å². The van der Waals surface area contributed by atoms with Gasteiger partial charge >= 0.3 is 0 Å². The lowest BCUT2D eigenvalue weighted by atomic mass is 10.3. The molecule has 0 aliphatic heterocycles. The van der Waals surface area contributed by atoms with Crippen LogP contribution >= 0.6 is 11.3 Å². The molecule has 0 radical (unpaired) electrons. The maximum Gasteiger partial charge on any atom is 0.263 e. The van der Waals surface area contributed by atoms with Crippen LogP contribution in [0.1, 0.15) is 15.4 Å². The molecule has 19 heavy (non-hydrogen) atoms. The van der Waals surface area contributed by atoms with Crippen molar-refractivity contribution in [2.24, 2.45) is 0 Å². The number of aromatic nitrogens is 3. The molecule has 6 heteroatoms. The lowest BCUT2D eigenvalue weighted by molar-refractivity contribution is 0.0954. The Balaban J connectivity index is 1.75. The summed E-state index contributed by atoms with van der Waals surface area (Å²) in [7, 11) is 0. The monoisotopic (exact) mass is 272 g/mol. The number of thiophene rings is 1. The Kier molecular flexibility index (Phi) is 3.16. The summed E-state index contributed by atoms with van der Waals surface area (Å²) in [6.45, 7) is 0.446. The lowest BCUT2D eigenvalue weighted by Crippen LogP contribution is -2.23. The van der Waals surface area contributed by atoms with Crippen molar-refractivity contribution in [2.45, 2.75) is 6.54 Å². The van der Waals surface area contributed by atoms with Gasteiger partial charge in [0.05, 0.1) is 24.3 Å². The van der Waals surface area contributed by atoms with Crippen molar-refractivity contribution in [2.75, 3.05) is 0 Å². The quantitative estimate of drug-likeness (QED) is 0.764. The molecule has 0 saturated heterocycles. The Morgan fingerprint density at radius 1 is 1.42 bits per heavy atom. The highest BCUT2D eigenvalue weighted by molar-refractivity contribution is 7.12. The number of nitrogens with one attached hydrogen (secondary N) is 2. The molecule has 96 valence electrons. The molecule has 1 amide bonds. The minimum atomic E-state index is -0.0756. The zero-order chi connectivity index (χ0) is 13.1. The van der Waals surface area contributed by atoms with E-state index in [4.69, 9.17) is 0 Å². The summed E-state index contributed by atoms with van der Waals surface area (Å²) < 4.78 is 1.93. The fourth-order valence-electron chi connectivity index (χ4n) is 1.81. The molecule has 0 unspecified atom stereocenters. The molecule has 2 N–H and O–H groups in total. The van der Waals surface area contributed by atoms with E-state index in [0.717, 1.165) is 11.4 Å². The first-order valence-electron chi connectivity index (χ1n) is 5.81. The van der Waals surface area contributed by atoms with E-state index in [1.165, 1.54) is 11.3 Å². The van der Waals surface area contributed by atoms with Gasteiger partial charge in [-0.1, -0.05) is 0 Å². The smallest absolute Gasteiger partial charge is 0.263 e. The Bertz CT molecular complexity index is 655. The number of carbonyl (C=O) groups is 1. The van der Waals surface area contributed by atoms with Gasteiger partial charge in [-0.15, -0.1) is 11.3 Å². The van der Waals surface area contributed by atoms with Gasteiger partial charge in [-0.25, -0.2) is 4.98 Å². The van der Waals surface area contributed by atoms with Crippen LogP contribution in [0.5, 0.6) is 0 Å². The van der Waals surface area contributed by atoms with Gasteiger partial charge in [0.25, 0.3) is 5.91 Å². The molecule has 3 rings (SSSR count). The van der Waals surface area contributed by atoms with Gasteiger partial charge in [-0.05, 0) is 23.6 Å². The minimum Gasteiger partial charge on any atom is -0.347 e. The number of hydrogen-bond donors (Lipinski definition) is 2. The first-order valence-corrected chi connectivity index (χ1v) is 6.69. The van der Waals surface area contributed by atoms with Crippen molar-refractivity contribution in [3.8, 4) is 5.69 Å². The topological polar surface area (TPSA) is 62.7 Å². The fourth-order valence-corrected chi connectivity index (χ4v) is 2.61. The van der Waals surface area contributed by atoms with Crippen molar-refractivity contribution >= 4 is 17.2 Å². The maximum atomic E-state index is 12.2. The largest absolute Gasteiger partial charge is 0.347 e. The molecule has 3 aromatic rings. The van der Waals surface area contributed by atoms with Crippen LogP contribution in [0.3, 0.4) is 0 Å². The number of nitrogens with zero attached hydrogens (tertiary/aromatic N) is 2. The van der Waals surface area contributed by atoms with Crippen LogP contribution in [0.15, 0.2) is 48.5 Å². The van der Waals surface area contributed by atoms with E-state index in [2.05, 4.69) is 15.3 Å². The van der Waals surface area contributed by atoms with Crippen molar-refractivity contribution in [1.82, 2.24) is 19.9 Å². The molecule has 3 aromatic heterocycles. The highest BCUT2D eigenvalue weighted by Crippen LogP contribution is 2.21. The lowest BCUT2D eigenvalue weighted by Gasteiger charge is -2.06. The molecule has 0 aliphatic rings. The number of aromatic amines is 1. The third-order valence-corrected chi connectivity index (χ3v) is 3.63. The van der Waals surface area contributed by atoms with E-state index in [-0.39, 0.29) is 5.91 Å². The zero-order valence-electron chi connectivity index (χ0n) is 10.0. The number of amides is 1. The first kappa shape index (κ1) is 11.7. The van der Waals surface area contributed by atoms with Crippen LogP contribution in [0.4, 0.5) is 0 Å². The molecule has 5 nitrogen and oxygen atoms in total. The van der Waals surface area contributed by atoms with Crippen LogP contribution in [-0.4, -0.2) is 20.4 Å². The van der Waals surface area contributed by atoms with Gasteiger partial charge in [0.2, 0.25) is 0 Å². The summed E-state index contributed by atoms with van der Waals surface area (Å²) in [6.07, 6.45) is 7.14. The summed E-state index contributed by atoms with van der Waals surface area (Å²) >= 11 is 1.43. The number of H-pyrrole nitrogens is 1. The Morgan fingerprint density at radius 3 is 3.00 bits per heavy atom. The van der Waals surface area contributed by atoms with Gasteiger partial charge in [0, 0.05) is 18.6 Å². The van der Waals surface area contributed by atoms with Gasteiger partial charge in [0.15, 0.2) is 0 Å². The Morgan fingerprint density at radius 2 is 2.26 bits per heavy atom. The van der Waals surface area contributed by atoms with Crippen LogP contribution in [0.25, 0.3) is 5.69 Å². The van der Waals surface area contributed by atoms with E-state index in [1.807, 2.05) is 40.5 Å². The van der Waals surface area contributed by atoms with Crippen LogP contribution < -0.4 is 5.32 Å². The molecule has 0 fully saturated rings. The van der Waals surface area contributed by atoms with E-state index in [9.17, 15) is 4.79 Å². The third-order valence-electron chi connectivity index (χ3n) is 2.73. The highest BCUT2D eigenvalue weighted by Gasteiger charge is 2.13. The number of hydrogen-bond acceptors (Lipinski definition) is 3. The number of carbonyl (C=O) groups excluding carboxylic acids is 1. The Labute approximate surface area is 113 Å². The van der Waals surface area contributed by atoms with E-state index in [1.54, 1.807) is 12.5 Å². The van der Waals surface area contributed by atoms with Gasteiger partial charge < -0.3 is 14.9 Å². The average molecular weight is 272 g/mol. The fraction of sp³-hybridized carbons (Fsp3) is 0.0769. The highest BCUT2D eigenvalue weighted by atomic mass is 32.1. The standard InChI is InChI=1S/C13H12N4OS/c18-13(15-8-10-7-14-9-16-10)12-11(3-6-19-12)17-4-1-2-5-17/h1-7,9H,8H2,(H,14,16)(H,15,18). The van der Waals surface area contributed by atoms with E-state index < -0.39 is 0 Å². The summed E-state index contributed by atoms with van der Waals surface area (Å²) in [5, 5.41) is 4.79. The van der Waals surface area contributed by atoms with Crippen LogP contribution in [-0.2, 0) is 6.54 Å². The molecule has 0 bridgehead atoms. The molecule has 0 aliphatic carbocycles. The predicted octanol–water partition coefficient (Wildman–Crippen LogP) is 2.19. The molecule has 0 atom stereocenters. The zero-order valence-corrected chi connectivity index (χ0v) is 10.9. The normalized spacial score (nSPS) is 10.5. The molecule has 0 saturated carbocycles. The second-order valence-electron chi connectivity index (χ2n) is 3.98. The number of imidazole rings is 1. The average Bonchev–Trinajstić information content (AvgIpc) is 3.14. The molecule has 0 spiro atoms. The number of rotatable bonds is 4. The van der Waals surface area contributed by atoms with Crippen LogP contribution in [0, 0.1) is 0 Å². The predicted molar refractivity (Wildman–Crippen MR) is 73.4 cm³/mol. The summed E-state index contributed by atoms with van der Waals surface area (Å²) in [6, 6.07) is 5.81.